The number of aromatic amines is 1. The summed E-state index contributed by atoms with van der Waals surface area (Å²) in [6.07, 6.45) is 0.964. The largest absolute Gasteiger partial charge is 0.395 e. The van der Waals surface area contributed by atoms with E-state index in [0.29, 0.717) is 22.4 Å². The Hall–Kier alpha value is -1.74. The third-order valence-electron chi connectivity index (χ3n) is 3.55. The molecule has 0 unspecified atom stereocenters. The molecule has 3 rings (SSSR count). The van der Waals surface area contributed by atoms with Crippen LogP contribution < -0.4 is 11.1 Å². The molecule has 0 aromatic carbocycles. The minimum atomic E-state index is -1.03. The topological polar surface area (TPSA) is 140 Å². The average molecular weight is 265 g/mol. The summed E-state index contributed by atoms with van der Waals surface area (Å²) in [5.41, 5.74) is 7.60. The summed E-state index contributed by atoms with van der Waals surface area (Å²) in [7, 11) is 0. The Morgan fingerprint density at radius 1 is 1.26 bits per heavy atom. The third kappa shape index (κ3) is 1.77. The number of rotatable bonds is 2. The van der Waals surface area contributed by atoms with Crippen LogP contribution in [0.1, 0.15) is 11.6 Å². The van der Waals surface area contributed by atoms with Crippen LogP contribution in [0.25, 0.3) is 11.0 Å². The van der Waals surface area contributed by atoms with E-state index in [0.717, 1.165) is 0 Å². The number of aromatic nitrogens is 3. The monoisotopic (exact) mass is 265 g/mol. The SMILES string of the molecule is Nc1ncnc2c([C@H]3N[C@@H](CO)[C@H](O)[C@@H]3O)c[nH]c12. The van der Waals surface area contributed by atoms with Gasteiger partial charge in [-0.3, -0.25) is 0 Å². The molecule has 2 aromatic rings. The molecule has 0 amide bonds. The zero-order valence-corrected chi connectivity index (χ0v) is 9.98. The van der Waals surface area contributed by atoms with Crippen molar-refractivity contribution in [1.82, 2.24) is 20.3 Å². The fraction of sp³-hybridized carbons (Fsp3) is 0.455. The Labute approximate surface area is 108 Å². The molecular formula is C11H15N5O3. The molecule has 102 valence electrons. The molecule has 8 nitrogen and oxygen atoms in total. The number of hydrogen-bond acceptors (Lipinski definition) is 7. The molecule has 0 saturated carbocycles. The summed E-state index contributed by atoms with van der Waals surface area (Å²) in [5, 5.41) is 32.0. The van der Waals surface area contributed by atoms with Gasteiger partial charge in [-0.2, -0.15) is 0 Å². The molecule has 7 N–H and O–H groups in total. The van der Waals surface area contributed by atoms with Crippen LogP contribution in [0.4, 0.5) is 5.82 Å². The van der Waals surface area contributed by atoms with Gasteiger partial charge in [0.05, 0.1) is 30.3 Å². The maximum atomic E-state index is 10.0. The van der Waals surface area contributed by atoms with E-state index in [-0.39, 0.29) is 6.61 Å². The van der Waals surface area contributed by atoms with E-state index in [4.69, 9.17) is 10.8 Å². The van der Waals surface area contributed by atoms with Gasteiger partial charge >= 0.3 is 0 Å². The summed E-state index contributed by atoms with van der Waals surface area (Å²) < 4.78 is 0. The molecule has 1 saturated heterocycles. The fourth-order valence-corrected chi connectivity index (χ4v) is 2.51. The molecule has 0 spiro atoms. The van der Waals surface area contributed by atoms with Crippen molar-refractivity contribution in [2.45, 2.75) is 24.3 Å². The molecule has 2 aromatic heterocycles. The zero-order valence-electron chi connectivity index (χ0n) is 9.98. The van der Waals surface area contributed by atoms with Crippen molar-refractivity contribution in [3.05, 3.63) is 18.1 Å². The van der Waals surface area contributed by atoms with Crippen LogP contribution in [0.3, 0.4) is 0 Å². The van der Waals surface area contributed by atoms with Crippen LogP contribution in [0.15, 0.2) is 12.5 Å². The minimum absolute atomic E-state index is 0.256. The maximum Gasteiger partial charge on any atom is 0.151 e. The Morgan fingerprint density at radius 3 is 2.74 bits per heavy atom. The highest BCUT2D eigenvalue weighted by Crippen LogP contribution is 2.32. The lowest BCUT2D eigenvalue weighted by Gasteiger charge is -2.14. The molecule has 0 radical (unpaired) electrons. The quantitative estimate of drug-likeness (QED) is 0.379. The Balaban J connectivity index is 2.04. The van der Waals surface area contributed by atoms with Gasteiger partial charge in [-0.25, -0.2) is 9.97 Å². The highest BCUT2D eigenvalue weighted by atomic mass is 16.3. The summed E-state index contributed by atoms with van der Waals surface area (Å²) in [5.74, 6) is 0.322. The second kappa shape index (κ2) is 4.42. The molecule has 0 aliphatic carbocycles. The van der Waals surface area contributed by atoms with Crippen LogP contribution in [-0.4, -0.2) is 55.1 Å². The van der Waals surface area contributed by atoms with Gasteiger partial charge < -0.3 is 31.4 Å². The first-order valence-corrected chi connectivity index (χ1v) is 5.94. The standard InChI is InChI=1S/C11H15N5O3/c12-11-8-6(14-3-15-11)4(1-13-8)7-10(19)9(18)5(2-17)16-7/h1,3,5,7,9-10,13,16-19H,2H2,(H2,12,14,15)/t5-,7+,9-,10+/m0/s1. The number of nitrogen functional groups attached to an aromatic ring is 1. The summed E-state index contributed by atoms with van der Waals surface area (Å²) >= 11 is 0. The van der Waals surface area contributed by atoms with Gasteiger partial charge in [0.25, 0.3) is 0 Å². The number of nitrogens with one attached hydrogen (secondary N) is 2. The lowest BCUT2D eigenvalue weighted by atomic mass is 10.0. The van der Waals surface area contributed by atoms with Crippen LogP contribution in [-0.2, 0) is 0 Å². The van der Waals surface area contributed by atoms with Gasteiger partial charge in [-0.15, -0.1) is 0 Å². The number of aliphatic hydroxyl groups is 3. The van der Waals surface area contributed by atoms with Crippen molar-refractivity contribution < 1.29 is 15.3 Å². The van der Waals surface area contributed by atoms with Crippen LogP contribution in [0.5, 0.6) is 0 Å². The fourth-order valence-electron chi connectivity index (χ4n) is 2.51. The maximum absolute atomic E-state index is 10.0. The van der Waals surface area contributed by atoms with E-state index < -0.39 is 24.3 Å². The van der Waals surface area contributed by atoms with Gasteiger partial charge in [0.1, 0.15) is 17.9 Å². The first kappa shape index (κ1) is 12.3. The number of anilines is 1. The Morgan fingerprint density at radius 2 is 2.05 bits per heavy atom. The van der Waals surface area contributed by atoms with Gasteiger partial charge in [-0.05, 0) is 0 Å². The first-order chi connectivity index (χ1) is 9.13. The molecule has 4 atom stereocenters. The molecule has 1 aliphatic rings. The predicted octanol–water partition coefficient (Wildman–Crippen LogP) is -1.73. The third-order valence-corrected chi connectivity index (χ3v) is 3.55. The van der Waals surface area contributed by atoms with Crippen molar-refractivity contribution in [1.29, 1.82) is 0 Å². The summed E-state index contributed by atoms with van der Waals surface area (Å²) in [4.78, 5) is 11.0. The Kier molecular flexibility index (Phi) is 2.86. The minimum Gasteiger partial charge on any atom is -0.395 e. The highest BCUT2D eigenvalue weighted by molar-refractivity contribution is 5.87. The van der Waals surface area contributed by atoms with Gasteiger partial charge in [0, 0.05) is 11.8 Å². The number of fused-ring (bicyclic) bond motifs is 1. The van der Waals surface area contributed by atoms with Crippen LogP contribution >= 0.6 is 0 Å². The van der Waals surface area contributed by atoms with E-state index >= 15 is 0 Å². The van der Waals surface area contributed by atoms with Gasteiger partial charge in [0.2, 0.25) is 0 Å². The van der Waals surface area contributed by atoms with E-state index in [1.54, 1.807) is 6.20 Å². The molecule has 3 heterocycles. The van der Waals surface area contributed by atoms with Crippen molar-refractivity contribution in [3.8, 4) is 0 Å². The number of aliphatic hydroxyl groups excluding tert-OH is 3. The van der Waals surface area contributed by atoms with Crippen molar-refractivity contribution in [2.75, 3.05) is 12.3 Å². The van der Waals surface area contributed by atoms with E-state index in [1.165, 1.54) is 6.33 Å². The zero-order chi connectivity index (χ0) is 13.6. The molecular weight excluding hydrogens is 250 g/mol. The van der Waals surface area contributed by atoms with Crippen LogP contribution in [0, 0.1) is 0 Å². The molecule has 0 bridgehead atoms. The number of H-pyrrole nitrogens is 1. The van der Waals surface area contributed by atoms with Gasteiger partial charge in [0.15, 0.2) is 5.82 Å². The predicted molar refractivity (Wildman–Crippen MR) is 67.1 cm³/mol. The average Bonchev–Trinajstić information content (AvgIpc) is 2.94. The lowest BCUT2D eigenvalue weighted by Crippen LogP contribution is -2.35. The number of nitrogens with two attached hydrogens (primary N) is 1. The molecule has 1 fully saturated rings. The molecule has 1 aliphatic heterocycles. The number of hydrogen-bond donors (Lipinski definition) is 6. The normalized spacial score (nSPS) is 31.1. The van der Waals surface area contributed by atoms with Gasteiger partial charge in [-0.1, -0.05) is 0 Å². The summed E-state index contributed by atoms with van der Waals surface area (Å²) in [6.45, 7) is -0.256. The van der Waals surface area contributed by atoms with Crippen molar-refractivity contribution in [2.24, 2.45) is 0 Å². The lowest BCUT2D eigenvalue weighted by molar-refractivity contribution is 0.0196. The second-order valence-electron chi connectivity index (χ2n) is 4.64. The van der Waals surface area contributed by atoms with E-state index in [1.807, 2.05) is 0 Å². The Bertz CT molecular complexity index is 601. The molecule has 19 heavy (non-hydrogen) atoms. The number of nitrogens with zero attached hydrogens (tertiary/aromatic N) is 2. The van der Waals surface area contributed by atoms with E-state index in [9.17, 15) is 10.2 Å². The van der Waals surface area contributed by atoms with Crippen molar-refractivity contribution in [3.63, 3.8) is 0 Å². The van der Waals surface area contributed by atoms with Crippen molar-refractivity contribution >= 4 is 16.9 Å². The highest BCUT2D eigenvalue weighted by Gasteiger charge is 2.42. The smallest absolute Gasteiger partial charge is 0.151 e. The first-order valence-electron chi connectivity index (χ1n) is 5.94. The summed E-state index contributed by atoms with van der Waals surface area (Å²) in [6, 6.07) is -1.08. The van der Waals surface area contributed by atoms with E-state index in [2.05, 4.69) is 20.3 Å². The molecule has 8 heteroatoms. The van der Waals surface area contributed by atoms with Crippen LogP contribution in [0.2, 0.25) is 0 Å². The second-order valence-corrected chi connectivity index (χ2v) is 4.64.